The second kappa shape index (κ2) is 6.85. The van der Waals surface area contributed by atoms with E-state index in [1.807, 2.05) is 0 Å². The number of fused-ring (bicyclic) bond motifs is 1. The van der Waals surface area contributed by atoms with Crippen LogP contribution in [0.1, 0.15) is 12.0 Å². The summed E-state index contributed by atoms with van der Waals surface area (Å²) in [5, 5.41) is 11.3. The summed E-state index contributed by atoms with van der Waals surface area (Å²) in [4.78, 5) is 15.6. The molecule has 1 fully saturated rings. The maximum atomic E-state index is 14.5. The first kappa shape index (κ1) is 18.0. The molecule has 1 saturated heterocycles. The molecule has 134 valence electrons. The lowest BCUT2D eigenvalue weighted by molar-refractivity contribution is -0.0248. The Morgan fingerprint density at radius 3 is 2.92 bits per heavy atom. The molecule has 0 spiro atoms. The van der Waals surface area contributed by atoms with E-state index in [9.17, 15) is 13.6 Å². The summed E-state index contributed by atoms with van der Waals surface area (Å²) in [6.45, 7) is -0.0341. The molecule has 0 saturated carbocycles. The summed E-state index contributed by atoms with van der Waals surface area (Å²) in [6.07, 6.45) is -1.30. The third-order valence-corrected chi connectivity index (χ3v) is 5.63. The van der Waals surface area contributed by atoms with Crippen LogP contribution in [0, 0.1) is 17.6 Å². The Morgan fingerprint density at radius 2 is 2.28 bits per heavy atom. The van der Waals surface area contributed by atoms with Crippen LogP contribution in [0.2, 0.25) is 0 Å². The minimum Gasteiger partial charge on any atom is -0.465 e. The van der Waals surface area contributed by atoms with Crippen LogP contribution in [0.15, 0.2) is 23.2 Å². The first-order valence-corrected chi connectivity index (χ1v) is 8.80. The van der Waals surface area contributed by atoms with Crippen molar-refractivity contribution in [1.29, 1.82) is 0 Å². The molecule has 3 rings (SSSR count). The van der Waals surface area contributed by atoms with Crippen molar-refractivity contribution >= 4 is 40.2 Å². The van der Waals surface area contributed by atoms with E-state index in [2.05, 4.69) is 10.3 Å². The van der Waals surface area contributed by atoms with Gasteiger partial charge in [-0.05, 0) is 12.5 Å². The quantitative estimate of drug-likeness (QED) is 0.674. The van der Waals surface area contributed by atoms with Crippen molar-refractivity contribution in [2.75, 3.05) is 12.4 Å². The summed E-state index contributed by atoms with van der Waals surface area (Å²) in [7, 11) is 0. The number of carboxylic acid groups (broad SMARTS) is 1. The fourth-order valence-corrected chi connectivity index (χ4v) is 4.46. The van der Waals surface area contributed by atoms with Crippen LogP contribution in [0.25, 0.3) is 0 Å². The second-order valence-corrected chi connectivity index (χ2v) is 7.32. The Hall–Kier alpha value is -1.78. The first-order valence-electron chi connectivity index (χ1n) is 7.41. The zero-order chi connectivity index (χ0) is 18.2. The number of thiocarbonyl (C=S) groups is 1. The maximum Gasteiger partial charge on any atom is 0.410 e. The molecule has 4 N–H and O–H groups in total. The number of halogens is 2. The lowest BCUT2D eigenvalue weighted by Crippen LogP contribution is -2.53. The zero-order valence-corrected chi connectivity index (χ0v) is 14.5. The van der Waals surface area contributed by atoms with Crippen molar-refractivity contribution in [3.63, 3.8) is 0 Å². The van der Waals surface area contributed by atoms with Gasteiger partial charge in [0.2, 0.25) is 0 Å². The number of hydrogen-bond acceptors (Lipinski definition) is 5. The molecule has 0 unspecified atom stereocenters. The molecule has 1 aromatic carbocycles. The number of nitrogens with zero attached hydrogens (tertiary/aromatic N) is 1. The van der Waals surface area contributed by atoms with Crippen molar-refractivity contribution < 1.29 is 23.4 Å². The standard InChI is InChI=1S/C15H15F2N3O3S2/c16-8-1-2-9(10(17)4-8)15-6-23-11(12(18)24)3-7(15)5-25-13(20-15)19-14(21)22/h1-2,4,7,11H,3,5-6H2,(H2,18,24)(H,19,20)(H,21,22)/t7-,11+,15-/m0/s1. The van der Waals surface area contributed by atoms with E-state index in [0.29, 0.717) is 12.2 Å². The molecule has 0 bridgehead atoms. The predicted octanol–water partition coefficient (Wildman–Crippen LogP) is 2.22. The molecule has 3 atom stereocenters. The Bertz CT molecular complexity index is 762. The van der Waals surface area contributed by atoms with E-state index < -0.39 is 29.4 Å². The van der Waals surface area contributed by atoms with E-state index in [0.717, 1.165) is 12.1 Å². The zero-order valence-electron chi connectivity index (χ0n) is 12.9. The van der Waals surface area contributed by atoms with Gasteiger partial charge in [-0.25, -0.2) is 18.6 Å². The van der Waals surface area contributed by atoms with E-state index in [4.69, 9.17) is 27.8 Å². The highest BCUT2D eigenvalue weighted by Gasteiger charge is 2.50. The molecular weight excluding hydrogens is 372 g/mol. The molecule has 2 aliphatic rings. The average Bonchev–Trinajstić information content (AvgIpc) is 2.53. The topological polar surface area (TPSA) is 96.9 Å². The highest BCUT2D eigenvalue weighted by Crippen LogP contribution is 2.46. The average molecular weight is 387 g/mol. The van der Waals surface area contributed by atoms with Gasteiger partial charge in [-0.3, -0.25) is 5.32 Å². The number of rotatable bonds is 2. The predicted molar refractivity (Wildman–Crippen MR) is 93.7 cm³/mol. The van der Waals surface area contributed by atoms with Crippen molar-refractivity contribution in [3.05, 3.63) is 35.4 Å². The highest BCUT2D eigenvalue weighted by molar-refractivity contribution is 8.13. The minimum atomic E-state index is -1.27. The summed E-state index contributed by atoms with van der Waals surface area (Å²) < 4.78 is 33.5. The number of hydrogen-bond donors (Lipinski definition) is 3. The number of amides is 1. The van der Waals surface area contributed by atoms with Crippen molar-refractivity contribution in [1.82, 2.24) is 5.32 Å². The monoisotopic (exact) mass is 387 g/mol. The van der Waals surface area contributed by atoms with E-state index in [-0.39, 0.29) is 28.2 Å². The number of thioether (sulfide) groups is 1. The van der Waals surface area contributed by atoms with Gasteiger partial charge >= 0.3 is 6.09 Å². The van der Waals surface area contributed by atoms with Crippen LogP contribution in [0.4, 0.5) is 13.6 Å². The van der Waals surface area contributed by atoms with Gasteiger partial charge in [0, 0.05) is 23.3 Å². The van der Waals surface area contributed by atoms with Gasteiger partial charge in [0.25, 0.3) is 0 Å². The summed E-state index contributed by atoms with van der Waals surface area (Å²) in [5.41, 5.74) is 4.66. The van der Waals surface area contributed by atoms with Crippen LogP contribution in [-0.2, 0) is 10.3 Å². The fourth-order valence-electron chi connectivity index (χ4n) is 3.14. The molecule has 0 aromatic heterocycles. The van der Waals surface area contributed by atoms with Crippen molar-refractivity contribution in [2.45, 2.75) is 18.1 Å². The number of aliphatic imine (C=N–C) groups is 1. The molecule has 1 amide bonds. The smallest absolute Gasteiger partial charge is 0.410 e. The molecule has 0 aliphatic carbocycles. The van der Waals surface area contributed by atoms with Gasteiger partial charge in [-0.2, -0.15) is 0 Å². The molecular formula is C15H15F2N3O3S2. The number of nitrogens with one attached hydrogen (secondary N) is 1. The van der Waals surface area contributed by atoms with Gasteiger partial charge < -0.3 is 15.6 Å². The largest absolute Gasteiger partial charge is 0.465 e. The van der Waals surface area contributed by atoms with Gasteiger partial charge in [0.05, 0.1) is 6.61 Å². The number of carbonyl (C=O) groups is 1. The van der Waals surface area contributed by atoms with Gasteiger partial charge in [0.15, 0.2) is 5.17 Å². The van der Waals surface area contributed by atoms with E-state index >= 15 is 0 Å². The molecule has 10 heteroatoms. The molecule has 1 aromatic rings. The molecule has 0 radical (unpaired) electrons. The van der Waals surface area contributed by atoms with E-state index in [1.165, 1.54) is 17.8 Å². The Labute approximate surface area is 151 Å². The summed E-state index contributed by atoms with van der Waals surface area (Å²) in [5.74, 6) is -1.19. The molecule has 2 aliphatic heterocycles. The van der Waals surface area contributed by atoms with Gasteiger partial charge in [-0.15, -0.1) is 0 Å². The summed E-state index contributed by atoms with van der Waals surface area (Å²) >= 11 is 6.20. The van der Waals surface area contributed by atoms with Gasteiger partial charge in [0.1, 0.15) is 28.3 Å². The fraction of sp³-hybridized carbons (Fsp3) is 0.400. The Balaban J connectivity index is 2.07. The number of amidine groups is 1. The SMILES string of the molecule is NC(=S)[C@H]1C[C@H]2CSC(NC(=O)O)=N[C@@]2(c2ccc(F)cc2F)CO1. The van der Waals surface area contributed by atoms with Crippen molar-refractivity contribution in [3.8, 4) is 0 Å². The van der Waals surface area contributed by atoms with E-state index in [1.54, 1.807) is 0 Å². The third kappa shape index (κ3) is 3.46. The number of benzene rings is 1. The Kier molecular flexibility index (Phi) is 4.94. The summed E-state index contributed by atoms with van der Waals surface area (Å²) in [6, 6.07) is 3.24. The van der Waals surface area contributed by atoms with Crippen molar-refractivity contribution in [2.24, 2.45) is 16.6 Å². The lowest BCUT2D eigenvalue weighted by atomic mass is 9.75. The van der Waals surface area contributed by atoms with Gasteiger partial charge in [-0.1, -0.05) is 30.0 Å². The lowest BCUT2D eigenvalue weighted by Gasteiger charge is -2.46. The normalized spacial score (nSPS) is 28.6. The van der Waals surface area contributed by atoms with Crippen LogP contribution in [0.5, 0.6) is 0 Å². The highest BCUT2D eigenvalue weighted by atomic mass is 32.2. The molecule has 6 nitrogen and oxygen atoms in total. The molecule has 25 heavy (non-hydrogen) atoms. The molecule has 2 heterocycles. The Morgan fingerprint density at radius 1 is 1.52 bits per heavy atom. The van der Waals surface area contributed by atoms with Crippen LogP contribution < -0.4 is 11.1 Å². The van der Waals surface area contributed by atoms with Crippen LogP contribution in [0.3, 0.4) is 0 Å². The number of nitrogens with two attached hydrogens (primary N) is 1. The number of ether oxygens (including phenoxy) is 1. The third-order valence-electron chi connectivity index (χ3n) is 4.33. The first-order chi connectivity index (χ1) is 11.8. The van der Waals surface area contributed by atoms with Crippen LogP contribution >= 0.6 is 24.0 Å². The minimum absolute atomic E-state index is 0.0341. The second-order valence-electron chi connectivity index (χ2n) is 5.84. The van der Waals surface area contributed by atoms with Crippen LogP contribution in [-0.4, -0.2) is 39.8 Å². The maximum absolute atomic E-state index is 14.5.